The van der Waals surface area contributed by atoms with Crippen LogP contribution in [0.3, 0.4) is 0 Å². The monoisotopic (exact) mass is 386 g/mol. The Hall–Kier alpha value is -1.69. The van der Waals surface area contributed by atoms with Crippen LogP contribution in [0.1, 0.15) is 55.9 Å². The van der Waals surface area contributed by atoms with Gasteiger partial charge in [-0.25, -0.2) is 9.97 Å². The molecule has 0 N–H and O–H groups in total. The van der Waals surface area contributed by atoms with E-state index in [2.05, 4.69) is 40.5 Å². The Kier molecular flexibility index (Phi) is 5.35. The van der Waals surface area contributed by atoms with Crippen molar-refractivity contribution in [3.05, 3.63) is 16.8 Å². The van der Waals surface area contributed by atoms with Gasteiger partial charge in [-0.2, -0.15) is 0 Å². The summed E-state index contributed by atoms with van der Waals surface area (Å²) in [5.41, 5.74) is 1.29. The molecule has 2 aromatic heterocycles. The number of carbonyl (C=O) groups excluding carboxylic acids is 1. The number of aryl methyl sites for hydroxylation is 2. The van der Waals surface area contributed by atoms with Gasteiger partial charge in [0.15, 0.2) is 0 Å². The average Bonchev–Trinajstić information content (AvgIpc) is 3.31. The van der Waals surface area contributed by atoms with Crippen LogP contribution in [0.5, 0.6) is 0 Å². The smallest absolute Gasteiger partial charge is 0.226 e. The number of aromatic nitrogens is 2. The lowest BCUT2D eigenvalue weighted by Gasteiger charge is -2.36. The molecule has 1 aliphatic heterocycles. The number of fused-ring (bicyclic) bond motifs is 1. The highest BCUT2D eigenvalue weighted by atomic mass is 32.1. The van der Waals surface area contributed by atoms with Gasteiger partial charge in [-0.15, -0.1) is 11.3 Å². The summed E-state index contributed by atoms with van der Waals surface area (Å²) in [7, 11) is 0. The second-order valence-corrected chi connectivity index (χ2v) is 9.19. The molecule has 0 aromatic carbocycles. The van der Waals surface area contributed by atoms with Crippen LogP contribution in [0.25, 0.3) is 10.2 Å². The number of rotatable bonds is 4. The molecule has 0 spiro atoms. The molecule has 5 nitrogen and oxygen atoms in total. The minimum absolute atomic E-state index is 0.171. The molecule has 1 saturated heterocycles. The van der Waals surface area contributed by atoms with Crippen LogP contribution in [0.15, 0.2) is 6.33 Å². The molecule has 0 atom stereocenters. The lowest BCUT2D eigenvalue weighted by molar-refractivity contribution is -0.138. The maximum absolute atomic E-state index is 13.1. The van der Waals surface area contributed by atoms with Crippen LogP contribution < -0.4 is 4.90 Å². The van der Waals surface area contributed by atoms with Gasteiger partial charge in [0.1, 0.15) is 17.0 Å². The van der Waals surface area contributed by atoms with Crippen molar-refractivity contribution >= 4 is 33.3 Å². The Morgan fingerprint density at radius 3 is 2.56 bits per heavy atom. The number of piperidine rings is 1. The summed E-state index contributed by atoms with van der Waals surface area (Å²) in [5.74, 6) is 1.61. The van der Waals surface area contributed by atoms with E-state index >= 15 is 0 Å². The first-order valence-electron chi connectivity index (χ1n) is 10.4. The standard InChI is InChI=1S/C21H30N4OS/c1-4-25(17-7-5-6-8-17)21(26)16-9-11-24(12-10-16)19-18-14(2)15(3)27-20(18)23-13-22-19/h13,16-17H,4-12H2,1-3H3. The first-order valence-corrected chi connectivity index (χ1v) is 11.2. The van der Waals surface area contributed by atoms with E-state index in [9.17, 15) is 4.79 Å². The summed E-state index contributed by atoms with van der Waals surface area (Å²) in [6.07, 6.45) is 8.46. The van der Waals surface area contributed by atoms with Gasteiger partial charge < -0.3 is 9.80 Å². The summed E-state index contributed by atoms with van der Waals surface area (Å²) in [6.45, 7) is 9.10. The number of hydrogen-bond donors (Lipinski definition) is 0. The van der Waals surface area contributed by atoms with Gasteiger partial charge in [0.25, 0.3) is 0 Å². The number of hydrogen-bond acceptors (Lipinski definition) is 5. The predicted octanol–water partition coefficient (Wildman–Crippen LogP) is 4.32. The Morgan fingerprint density at radius 2 is 1.89 bits per heavy atom. The lowest BCUT2D eigenvalue weighted by atomic mass is 9.94. The summed E-state index contributed by atoms with van der Waals surface area (Å²) < 4.78 is 0. The SMILES string of the molecule is CCN(C(=O)C1CCN(c2ncnc3sc(C)c(C)c23)CC1)C1CCCC1. The van der Waals surface area contributed by atoms with Crippen molar-refractivity contribution in [2.75, 3.05) is 24.5 Å². The van der Waals surface area contributed by atoms with Gasteiger partial charge >= 0.3 is 0 Å². The van der Waals surface area contributed by atoms with Crippen LogP contribution in [-0.2, 0) is 4.79 Å². The molecule has 0 radical (unpaired) electrons. The zero-order valence-electron chi connectivity index (χ0n) is 16.7. The molecule has 27 heavy (non-hydrogen) atoms. The summed E-state index contributed by atoms with van der Waals surface area (Å²) >= 11 is 1.74. The van der Waals surface area contributed by atoms with E-state index in [4.69, 9.17) is 0 Å². The van der Waals surface area contributed by atoms with E-state index in [-0.39, 0.29) is 5.92 Å². The highest BCUT2D eigenvalue weighted by Gasteiger charge is 2.33. The molecule has 0 bridgehead atoms. The summed E-state index contributed by atoms with van der Waals surface area (Å²) in [4.78, 5) is 29.1. The van der Waals surface area contributed by atoms with Gasteiger partial charge in [0, 0.05) is 36.5 Å². The fourth-order valence-electron chi connectivity index (χ4n) is 4.79. The maximum Gasteiger partial charge on any atom is 0.226 e. The van der Waals surface area contributed by atoms with Crippen molar-refractivity contribution in [1.82, 2.24) is 14.9 Å². The Morgan fingerprint density at radius 1 is 1.19 bits per heavy atom. The minimum atomic E-state index is 0.171. The van der Waals surface area contributed by atoms with Gasteiger partial charge in [0.2, 0.25) is 5.91 Å². The quantitative estimate of drug-likeness (QED) is 0.785. The van der Waals surface area contributed by atoms with Crippen molar-refractivity contribution in [2.24, 2.45) is 5.92 Å². The van der Waals surface area contributed by atoms with Crippen molar-refractivity contribution in [2.45, 2.75) is 65.3 Å². The third kappa shape index (κ3) is 3.44. The second kappa shape index (κ2) is 7.74. The van der Waals surface area contributed by atoms with Crippen LogP contribution in [0.4, 0.5) is 5.82 Å². The number of amides is 1. The first kappa shape index (κ1) is 18.7. The largest absolute Gasteiger partial charge is 0.356 e. The minimum Gasteiger partial charge on any atom is -0.356 e. The van der Waals surface area contributed by atoms with Gasteiger partial charge in [-0.05, 0) is 52.0 Å². The molecule has 6 heteroatoms. The van der Waals surface area contributed by atoms with E-state index < -0.39 is 0 Å². The first-order chi connectivity index (χ1) is 13.1. The van der Waals surface area contributed by atoms with Gasteiger partial charge in [0.05, 0.1) is 5.39 Å². The maximum atomic E-state index is 13.1. The highest BCUT2D eigenvalue weighted by molar-refractivity contribution is 7.18. The van der Waals surface area contributed by atoms with Crippen molar-refractivity contribution in [1.29, 1.82) is 0 Å². The number of anilines is 1. The van der Waals surface area contributed by atoms with Crippen molar-refractivity contribution < 1.29 is 4.79 Å². The highest BCUT2D eigenvalue weighted by Crippen LogP contribution is 2.36. The Balaban J connectivity index is 1.47. The molecule has 0 unspecified atom stereocenters. The fraction of sp³-hybridized carbons (Fsp3) is 0.667. The number of carbonyl (C=O) groups is 1. The average molecular weight is 387 g/mol. The number of thiophene rings is 1. The van der Waals surface area contributed by atoms with E-state index in [0.29, 0.717) is 11.9 Å². The van der Waals surface area contributed by atoms with E-state index in [0.717, 1.165) is 43.1 Å². The molecule has 2 aliphatic rings. The normalized spacial score (nSPS) is 19.1. The van der Waals surface area contributed by atoms with Crippen LogP contribution in [0.2, 0.25) is 0 Å². The van der Waals surface area contributed by atoms with Crippen LogP contribution >= 0.6 is 11.3 Å². The fourth-order valence-corrected chi connectivity index (χ4v) is 5.78. The van der Waals surface area contributed by atoms with Gasteiger partial charge in [-0.1, -0.05) is 12.8 Å². The van der Waals surface area contributed by atoms with Crippen molar-refractivity contribution in [3.8, 4) is 0 Å². The number of nitrogens with zero attached hydrogens (tertiary/aromatic N) is 4. The van der Waals surface area contributed by atoms with E-state index in [1.165, 1.54) is 41.5 Å². The summed E-state index contributed by atoms with van der Waals surface area (Å²) in [5, 5.41) is 1.20. The molecular formula is C21H30N4OS. The zero-order chi connectivity index (χ0) is 19.0. The van der Waals surface area contributed by atoms with E-state index in [1.807, 2.05) is 0 Å². The topological polar surface area (TPSA) is 49.3 Å². The summed E-state index contributed by atoms with van der Waals surface area (Å²) in [6, 6.07) is 0.485. The van der Waals surface area contributed by atoms with Crippen LogP contribution in [0, 0.1) is 19.8 Å². The molecule has 146 valence electrons. The molecule has 1 saturated carbocycles. The molecule has 1 amide bonds. The molecule has 4 rings (SSSR count). The Labute approximate surface area is 165 Å². The molecule has 3 heterocycles. The second-order valence-electron chi connectivity index (χ2n) is 7.98. The zero-order valence-corrected chi connectivity index (χ0v) is 17.5. The molecule has 2 fully saturated rings. The van der Waals surface area contributed by atoms with E-state index in [1.54, 1.807) is 17.7 Å². The van der Waals surface area contributed by atoms with Gasteiger partial charge in [-0.3, -0.25) is 4.79 Å². The third-order valence-corrected chi connectivity index (χ3v) is 7.59. The third-order valence-electron chi connectivity index (χ3n) is 6.48. The van der Waals surface area contributed by atoms with Crippen LogP contribution in [-0.4, -0.2) is 46.5 Å². The van der Waals surface area contributed by atoms with Crippen molar-refractivity contribution in [3.63, 3.8) is 0 Å². The Bertz CT molecular complexity index is 819. The lowest BCUT2D eigenvalue weighted by Crippen LogP contribution is -2.46. The molecule has 1 aliphatic carbocycles. The molecule has 2 aromatic rings. The predicted molar refractivity (Wildman–Crippen MR) is 111 cm³/mol. The molecular weight excluding hydrogens is 356 g/mol.